The van der Waals surface area contributed by atoms with Gasteiger partial charge in [0.25, 0.3) is 5.91 Å². The first kappa shape index (κ1) is 18.1. The van der Waals surface area contributed by atoms with Crippen LogP contribution in [0.25, 0.3) is 0 Å². The van der Waals surface area contributed by atoms with Crippen LogP contribution in [0, 0.1) is 0 Å². The molecule has 4 nitrogen and oxygen atoms in total. The number of carbonyl (C=O) groups excluding carboxylic acids is 1. The van der Waals surface area contributed by atoms with Gasteiger partial charge in [0.2, 0.25) is 0 Å². The summed E-state index contributed by atoms with van der Waals surface area (Å²) >= 11 is 0. The number of hydrogen-bond acceptors (Lipinski definition) is 3. The quantitative estimate of drug-likeness (QED) is 0.766. The molecule has 4 heteroatoms. The molecular formula is C20H27N3O. The van der Waals surface area contributed by atoms with Gasteiger partial charge in [-0.3, -0.25) is 14.7 Å². The lowest BCUT2D eigenvalue weighted by atomic mass is 10.1. The van der Waals surface area contributed by atoms with Crippen LogP contribution in [0.3, 0.4) is 0 Å². The summed E-state index contributed by atoms with van der Waals surface area (Å²) in [6.45, 7) is 8.10. The molecule has 1 N–H and O–H groups in total. The van der Waals surface area contributed by atoms with Crippen molar-refractivity contribution in [1.82, 2.24) is 15.2 Å². The van der Waals surface area contributed by atoms with E-state index in [0.717, 1.165) is 38.0 Å². The molecule has 24 heavy (non-hydrogen) atoms. The van der Waals surface area contributed by atoms with Crippen molar-refractivity contribution in [2.45, 2.75) is 39.8 Å². The molecule has 0 fully saturated rings. The van der Waals surface area contributed by atoms with Crippen molar-refractivity contribution in [3.8, 4) is 0 Å². The zero-order valence-electron chi connectivity index (χ0n) is 14.7. The number of amides is 1. The highest BCUT2D eigenvalue weighted by Gasteiger charge is 2.07. The summed E-state index contributed by atoms with van der Waals surface area (Å²) in [7, 11) is 0. The molecule has 0 aliphatic heterocycles. The van der Waals surface area contributed by atoms with E-state index in [2.05, 4.69) is 41.2 Å². The maximum absolute atomic E-state index is 12.2. The maximum atomic E-state index is 12.2. The predicted octanol–water partition coefficient (Wildman–Crippen LogP) is 3.63. The van der Waals surface area contributed by atoms with Gasteiger partial charge >= 0.3 is 0 Å². The number of rotatable bonds is 9. The molecule has 1 aromatic carbocycles. The minimum Gasteiger partial charge on any atom is -0.348 e. The van der Waals surface area contributed by atoms with Crippen LogP contribution in [0.4, 0.5) is 0 Å². The number of aromatic nitrogens is 1. The Labute approximate surface area is 144 Å². The summed E-state index contributed by atoms with van der Waals surface area (Å²) in [6.07, 6.45) is 5.79. The molecule has 0 spiro atoms. The third-order valence-corrected chi connectivity index (χ3v) is 3.90. The van der Waals surface area contributed by atoms with Crippen molar-refractivity contribution >= 4 is 5.91 Å². The smallest absolute Gasteiger partial charge is 0.251 e. The fourth-order valence-corrected chi connectivity index (χ4v) is 2.71. The molecule has 0 bridgehead atoms. The number of carbonyl (C=O) groups is 1. The van der Waals surface area contributed by atoms with Crippen molar-refractivity contribution in [1.29, 1.82) is 0 Å². The van der Waals surface area contributed by atoms with Crippen LogP contribution in [0.1, 0.15) is 48.2 Å². The summed E-state index contributed by atoms with van der Waals surface area (Å²) in [6, 6.07) is 11.7. The Bertz CT molecular complexity index is 605. The van der Waals surface area contributed by atoms with E-state index in [9.17, 15) is 4.79 Å². The fourth-order valence-electron chi connectivity index (χ4n) is 2.71. The lowest BCUT2D eigenvalue weighted by Crippen LogP contribution is -2.25. The lowest BCUT2D eigenvalue weighted by Gasteiger charge is -2.21. The van der Waals surface area contributed by atoms with E-state index in [4.69, 9.17) is 0 Å². The van der Waals surface area contributed by atoms with Crippen LogP contribution in [-0.2, 0) is 13.1 Å². The van der Waals surface area contributed by atoms with Gasteiger partial charge in [0.05, 0.1) is 0 Å². The van der Waals surface area contributed by atoms with Crippen LogP contribution in [0.2, 0.25) is 0 Å². The van der Waals surface area contributed by atoms with Crippen molar-refractivity contribution in [2.75, 3.05) is 13.1 Å². The molecule has 1 aromatic heterocycles. The van der Waals surface area contributed by atoms with Gasteiger partial charge in [0.1, 0.15) is 0 Å². The maximum Gasteiger partial charge on any atom is 0.251 e. The highest BCUT2D eigenvalue weighted by atomic mass is 16.1. The Kier molecular flexibility index (Phi) is 7.43. The Morgan fingerprint density at radius 2 is 1.58 bits per heavy atom. The van der Waals surface area contributed by atoms with Crippen LogP contribution in [-0.4, -0.2) is 28.9 Å². The molecule has 2 aromatic rings. The second-order valence-corrected chi connectivity index (χ2v) is 6.01. The first-order chi connectivity index (χ1) is 11.7. The van der Waals surface area contributed by atoms with E-state index in [1.165, 1.54) is 5.56 Å². The molecular weight excluding hydrogens is 298 g/mol. The van der Waals surface area contributed by atoms with Crippen molar-refractivity contribution in [3.05, 3.63) is 65.5 Å². The third-order valence-electron chi connectivity index (χ3n) is 3.90. The van der Waals surface area contributed by atoms with E-state index in [0.29, 0.717) is 12.1 Å². The van der Waals surface area contributed by atoms with Crippen LogP contribution >= 0.6 is 0 Å². The molecule has 0 radical (unpaired) electrons. The molecule has 0 saturated heterocycles. The minimum atomic E-state index is -0.0441. The average Bonchev–Trinajstić information content (AvgIpc) is 2.62. The normalized spacial score (nSPS) is 10.8. The Balaban J connectivity index is 1.89. The van der Waals surface area contributed by atoms with E-state index >= 15 is 0 Å². The number of nitrogens with one attached hydrogen (secondary N) is 1. The standard InChI is InChI=1S/C20H27N3O/c1-3-13-23(14-4-2)16-18-5-7-19(8-6-18)20(24)22-15-17-9-11-21-12-10-17/h5-12H,3-4,13-16H2,1-2H3,(H,22,24). The third kappa shape index (κ3) is 5.78. The number of benzene rings is 1. The largest absolute Gasteiger partial charge is 0.348 e. The highest BCUT2D eigenvalue weighted by molar-refractivity contribution is 5.94. The molecule has 128 valence electrons. The van der Waals surface area contributed by atoms with Gasteiger partial charge in [0, 0.05) is 31.0 Å². The van der Waals surface area contributed by atoms with Gasteiger partial charge in [-0.05, 0) is 61.3 Å². The zero-order valence-corrected chi connectivity index (χ0v) is 14.7. The molecule has 2 rings (SSSR count). The van der Waals surface area contributed by atoms with Crippen molar-refractivity contribution < 1.29 is 4.79 Å². The number of hydrogen-bond donors (Lipinski definition) is 1. The van der Waals surface area contributed by atoms with Crippen LogP contribution < -0.4 is 5.32 Å². The summed E-state index contributed by atoms with van der Waals surface area (Å²) < 4.78 is 0. The zero-order chi connectivity index (χ0) is 17.2. The van der Waals surface area contributed by atoms with Gasteiger partial charge in [0.15, 0.2) is 0 Å². The molecule has 1 heterocycles. The first-order valence-electron chi connectivity index (χ1n) is 8.71. The Morgan fingerprint density at radius 3 is 2.17 bits per heavy atom. The van der Waals surface area contributed by atoms with Gasteiger partial charge in [-0.15, -0.1) is 0 Å². The molecule has 0 unspecified atom stereocenters. The summed E-state index contributed by atoms with van der Waals surface area (Å²) in [5.41, 5.74) is 3.00. The van der Waals surface area contributed by atoms with Crippen LogP contribution in [0.5, 0.6) is 0 Å². The average molecular weight is 325 g/mol. The van der Waals surface area contributed by atoms with Crippen molar-refractivity contribution in [3.63, 3.8) is 0 Å². The number of nitrogens with zero attached hydrogens (tertiary/aromatic N) is 2. The highest BCUT2D eigenvalue weighted by Crippen LogP contribution is 2.09. The summed E-state index contributed by atoms with van der Waals surface area (Å²) in [5.74, 6) is -0.0441. The van der Waals surface area contributed by atoms with Crippen LogP contribution in [0.15, 0.2) is 48.8 Å². The van der Waals surface area contributed by atoms with E-state index in [1.54, 1.807) is 12.4 Å². The van der Waals surface area contributed by atoms with Gasteiger partial charge in [-0.1, -0.05) is 26.0 Å². The number of pyridine rings is 1. The topological polar surface area (TPSA) is 45.2 Å². The van der Waals surface area contributed by atoms with Gasteiger partial charge < -0.3 is 5.32 Å². The Hall–Kier alpha value is -2.20. The predicted molar refractivity (Wildman–Crippen MR) is 97.7 cm³/mol. The van der Waals surface area contributed by atoms with Crippen molar-refractivity contribution in [2.24, 2.45) is 0 Å². The lowest BCUT2D eigenvalue weighted by molar-refractivity contribution is 0.0951. The van der Waals surface area contributed by atoms with Gasteiger partial charge in [-0.25, -0.2) is 0 Å². The minimum absolute atomic E-state index is 0.0441. The van der Waals surface area contributed by atoms with E-state index in [-0.39, 0.29) is 5.91 Å². The van der Waals surface area contributed by atoms with Gasteiger partial charge in [-0.2, -0.15) is 0 Å². The monoisotopic (exact) mass is 325 g/mol. The SMILES string of the molecule is CCCN(CCC)Cc1ccc(C(=O)NCc2ccncc2)cc1. The Morgan fingerprint density at radius 1 is 0.958 bits per heavy atom. The summed E-state index contributed by atoms with van der Waals surface area (Å²) in [5, 5.41) is 2.94. The molecule has 0 saturated carbocycles. The second-order valence-electron chi connectivity index (χ2n) is 6.01. The molecule has 0 aliphatic carbocycles. The fraction of sp³-hybridized carbons (Fsp3) is 0.400. The van der Waals surface area contributed by atoms with E-state index < -0.39 is 0 Å². The molecule has 0 atom stereocenters. The first-order valence-corrected chi connectivity index (χ1v) is 8.71. The second kappa shape index (κ2) is 9.83. The van der Waals surface area contributed by atoms with E-state index in [1.807, 2.05) is 24.3 Å². The molecule has 1 amide bonds. The summed E-state index contributed by atoms with van der Waals surface area (Å²) in [4.78, 5) is 18.6. The molecule has 0 aliphatic rings.